The van der Waals surface area contributed by atoms with Crippen molar-refractivity contribution in [3.63, 3.8) is 0 Å². The number of hydrogen-bond donors (Lipinski definition) is 2. The first-order valence-electron chi connectivity index (χ1n) is 11.2. The second-order valence-corrected chi connectivity index (χ2v) is 8.59. The maximum Gasteiger partial charge on any atom is 0.336 e. The summed E-state index contributed by atoms with van der Waals surface area (Å²) in [5.41, 5.74) is 1.32. The van der Waals surface area contributed by atoms with Crippen LogP contribution in [0.4, 0.5) is 17.5 Å². The van der Waals surface area contributed by atoms with Crippen LogP contribution in [0.3, 0.4) is 0 Å². The number of amides is 1. The molecule has 0 aliphatic carbocycles. The Hall–Kier alpha value is -3.75. The quantitative estimate of drug-likeness (QED) is 0.590. The SMILES string of the molecule is CC(C)CC(=O)Nc1ccc2nc(N3CCCN(c4ncccn4)CC3)cc(C(=O)O)c2c1. The van der Waals surface area contributed by atoms with Crippen molar-refractivity contribution in [2.24, 2.45) is 5.92 Å². The number of pyridine rings is 1. The van der Waals surface area contributed by atoms with E-state index < -0.39 is 5.97 Å². The lowest BCUT2D eigenvalue weighted by Gasteiger charge is -2.23. The Morgan fingerprint density at radius 3 is 2.52 bits per heavy atom. The van der Waals surface area contributed by atoms with Crippen LogP contribution in [0.25, 0.3) is 10.9 Å². The van der Waals surface area contributed by atoms with E-state index in [9.17, 15) is 14.7 Å². The Labute approximate surface area is 192 Å². The van der Waals surface area contributed by atoms with Gasteiger partial charge in [0.1, 0.15) is 5.82 Å². The largest absolute Gasteiger partial charge is 0.478 e. The van der Waals surface area contributed by atoms with Crippen molar-refractivity contribution < 1.29 is 14.7 Å². The van der Waals surface area contributed by atoms with Gasteiger partial charge >= 0.3 is 5.97 Å². The molecule has 3 aromatic rings. The first kappa shape index (κ1) is 22.4. The lowest BCUT2D eigenvalue weighted by atomic mass is 10.1. The summed E-state index contributed by atoms with van der Waals surface area (Å²) in [6, 6.07) is 8.63. The number of carbonyl (C=O) groups excluding carboxylic acids is 1. The van der Waals surface area contributed by atoms with E-state index >= 15 is 0 Å². The predicted molar refractivity (Wildman–Crippen MR) is 128 cm³/mol. The summed E-state index contributed by atoms with van der Waals surface area (Å²) in [7, 11) is 0. The number of hydrogen-bond acceptors (Lipinski definition) is 7. The van der Waals surface area contributed by atoms with Crippen LogP contribution in [0.15, 0.2) is 42.7 Å². The molecule has 1 aromatic carbocycles. The van der Waals surface area contributed by atoms with Crippen molar-refractivity contribution in [2.45, 2.75) is 26.7 Å². The van der Waals surface area contributed by atoms with Gasteiger partial charge in [0.25, 0.3) is 0 Å². The molecule has 33 heavy (non-hydrogen) atoms. The summed E-state index contributed by atoms with van der Waals surface area (Å²) >= 11 is 0. The zero-order chi connectivity index (χ0) is 23.4. The number of aromatic carboxylic acids is 1. The van der Waals surface area contributed by atoms with Gasteiger partial charge in [-0.1, -0.05) is 13.8 Å². The fraction of sp³-hybridized carbons (Fsp3) is 0.375. The second kappa shape index (κ2) is 9.81. The van der Waals surface area contributed by atoms with Gasteiger partial charge in [-0.15, -0.1) is 0 Å². The van der Waals surface area contributed by atoms with Crippen LogP contribution >= 0.6 is 0 Å². The van der Waals surface area contributed by atoms with Crippen LogP contribution in [-0.2, 0) is 4.79 Å². The predicted octanol–water partition coefficient (Wildman–Crippen LogP) is 3.42. The summed E-state index contributed by atoms with van der Waals surface area (Å²) in [6.07, 6.45) is 4.74. The Bertz CT molecular complexity index is 1150. The summed E-state index contributed by atoms with van der Waals surface area (Å²) in [4.78, 5) is 41.9. The number of aromatic nitrogens is 3. The van der Waals surface area contributed by atoms with E-state index in [1.165, 1.54) is 0 Å². The summed E-state index contributed by atoms with van der Waals surface area (Å²) in [6.45, 7) is 6.92. The molecule has 0 radical (unpaired) electrons. The molecule has 2 N–H and O–H groups in total. The number of rotatable bonds is 6. The van der Waals surface area contributed by atoms with Gasteiger partial charge in [-0.25, -0.2) is 19.7 Å². The maximum absolute atomic E-state index is 12.1. The molecule has 1 aliphatic heterocycles. The van der Waals surface area contributed by atoms with Crippen molar-refractivity contribution in [1.82, 2.24) is 15.0 Å². The molecule has 9 heteroatoms. The summed E-state index contributed by atoms with van der Waals surface area (Å²) in [5, 5.41) is 13.2. The number of benzene rings is 1. The number of carboxylic acids is 1. The highest BCUT2D eigenvalue weighted by molar-refractivity contribution is 6.05. The van der Waals surface area contributed by atoms with Crippen molar-refractivity contribution in [1.29, 1.82) is 0 Å². The Balaban J connectivity index is 1.59. The van der Waals surface area contributed by atoms with E-state index in [1.54, 1.807) is 42.7 Å². The van der Waals surface area contributed by atoms with E-state index in [0.717, 1.165) is 19.5 Å². The van der Waals surface area contributed by atoms with Crippen LogP contribution < -0.4 is 15.1 Å². The standard InChI is InChI=1S/C24H28N6O3/c1-16(2)13-22(31)27-17-5-6-20-18(14-17)19(23(32)33)15-21(28-20)29-9-4-10-30(12-11-29)24-25-7-3-8-26-24/h3,5-8,14-16H,4,9-13H2,1-2H3,(H,27,31)(H,32,33). The van der Waals surface area contributed by atoms with Gasteiger partial charge < -0.3 is 20.2 Å². The molecule has 1 saturated heterocycles. The molecule has 2 aromatic heterocycles. The highest BCUT2D eigenvalue weighted by Crippen LogP contribution is 2.27. The van der Waals surface area contributed by atoms with Gasteiger partial charge in [0.05, 0.1) is 11.1 Å². The van der Waals surface area contributed by atoms with E-state index in [4.69, 9.17) is 4.98 Å². The van der Waals surface area contributed by atoms with E-state index in [-0.39, 0.29) is 17.4 Å². The molecular weight excluding hydrogens is 420 g/mol. The molecule has 1 fully saturated rings. The maximum atomic E-state index is 12.1. The first-order chi connectivity index (χ1) is 15.9. The van der Waals surface area contributed by atoms with Gasteiger partial charge in [0, 0.05) is 56.1 Å². The summed E-state index contributed by atoms with van der Waals surface area (Å²) in [5.74, 6) is 0.449. The molecule has 0 unspecified atom stereocenters. The molecule has 0 spiro atoms. The van der Waals surface area contributed by atoms with Crippen LogP contribution in [0, 0.1) is 5.92 Å². The molecular formula is C24H28N6O3. The Kier molecular flexibility index (Phi) is 6.67. The molecule has 0 saturated carbocycles. The number of carboxylic acid groups (broad SMARTS) is 1. The molecule has 172 valence electrons. The molecule has 3 heterocycles. The van der Waals surface area contributed by atoms with Crippen LogP contribution in [0.5, 0.6) is 0 Å². The Morgan fingerprint density at radius 1 is 1.06 bits per heavy atom. The fourth-order valence-corrected chi connectivity index (χ4v) is 4.01. The van der Waals surface area contributed by atoms with Crippen LogP contribution in [-0.4, -0.2) is 58.1 Å². The molecule has 1 aliphatic rings. The van der Waals surface area contributed by atoms with Gasteiger partial charge in [0.15, 0.2) is 0 Å². The zero-order valence-electron chi connectivity index (χ0n) is 18.9. The van der Waals surface area contributed by atoms with Crippen molar-refractivity contribution in [3.8, 4) is 0 Å². The van der Waals surface area contributed by atoms with Crippen molar-refractivity contribution >= 4 is 40.2 Å². The van der Waals surface area contributed by atoms with E-state index in [1.807, 2.05) is 13.8 Å². The highest BCUT2D eigenvalue weighted by Gasteiger charge is 2.21. The van der Waals surface area contributed by atoms with E-state index in [2.05, 4.69) is 25.1 Å². The number of anilines is 3. The number of carbonyl (C=O) groups is 2. The minimum atomic E-state index is -1.02. The zero-order valence-corrected chi connectivity index (χ0v) is 18.9. The minimum absolute atomic E-state index is 0.0951. The fourth-order valence-electron chi connectivity index (χ4n) is 4.01. The van der Waals surface area contributed by atoms with Crippen LogP contribution in [0.1, 0.15) is 37.0 Å². The Morgan fingerprint density at radius 2 is 1.79 bits per heavy atom. The third-order valence-corrected chi connectivity index (χ3v) is 5.56. The van der Waals surface area contributed by atoms with Gasteiger partial charge in [-0.2, -0.15) is 0 Å². The number of nitrogens with zero attached hydrogens (tertiary/aromatic N) is 5. The smallest absolute Gasteiger partial charge is 0.336 e. The first-order valence-corrected chi connectivity index (χ1v) is 11.2. The molecule has 1 amide bonds. The average Bonchev–Trinajstić information content (AvgIpc) is 3.04. The summed E-state index contributed by atoms with van der Waals surface area (Å²) < 4.78 is 0. The molecule has 4 rings (SSSR count). The van der Waals surface area contributed by atoms with Gasteiger partial charge in [-0.05, 0) is 42.7 Å². The monoisotopic (exact) mass is 448 g/mol. The average molecular weight is 449 g/mol. The molecule has 0 atom stereocenters. The molecule has 0 bridgehead atoms. The molecule has 9 nitrogen and oxygen atoms in total. The number of nitrogens with one attached hydrogen (secondary N) is 1. The lowest BCUT2D eigenvalue weighted by Crippen LogP contribution is -2.32. The van der Waals surface area contributed by atoms with Gasteiger partial charge in [0.2, 0.25) is 11.9 Å². The topological polar surface area (TPSA) is 112 Å². The highest BCUT2D eigenvalue weighted by atomic mass is 16.4. The third kappa shape index (κ3) is 5.36. The van der Waals surface area contributed by atoms with Crippen molar-refractivity contribution in [3.05, 3.63) is 48.3 Å². The van der Waals surface area contributed by atoms with Gasteiger partial charge in [-0.3, -0.25) is 4.79 Å². The third-order valence-electron chi connectivity index (χ3n) is 5.56. The lowest BCUT2D eigenvalue weighted by molar-refractivity contribution is -0.116. The van der Waals surface area contributed by atoms with E-state index in [0.29, 0.717) is 47.9 Å². The van der Waals surface area contributed by atoms with Crippen molar-refractivity contribution in [2.75, 3.05) is 41.3 Å². The number of fused-ring (bicyclic) bond motifs is 1. The van der Waals surface area contributed by atoms with Crippen LogP contribution in [0.2, 0.25) is 0 Å². The minimum Gasteiger partial charge on any atom is -0.478 e. The normalized spacial score (nSPS) is 14.4. The second-order valence-electron chi connectivity index (χ2n) is 8.59.